The van der Waals surface area contributed by atoms with Gasteiger partial charge in [-0.3, -0.25) is 0 Å². The maximum atomic E-state index is 12.5. The van der Waals surface area contributed by atoms with Gasteiger partial charge in [0.05, 0.1) is 83.8 Å². The van der Waals surface area contributed by atoms with Gasteiger partial charge in [-0.15, -0.1) is 0 Å². The van der Waals surface area contributed by atoms with E-state index in [4.69, 9.17) is 74.3 Å². The van der Waals surface area contributed by atoms with Crippen LogP contribution in [-0.4, -0.2) is 62.1 Å². The molecule has 6 rings (SSSR count). The van der Waals surface area contributed by atoms with Crippen LogP contribution in [0.1, 0.15) is 38.8 Å². The first-order valence-electron chi connectivity index (χ1n) is 20.2. The molecule has 6 aromatic rings. The van der Waals surface area contributed by atoms with Crippen molar-refractivity contribution in [1.29, 1.82) is 0 Å². The first-order valence-corrected chi connectivity index (χ1v) is 22.5. The zero-order valence-electron chi connectivity index (χ0n) is 39.2. The molecule has 16 nitrogen and oxygen atoms in total. The second-order valence-electron chi connectivity index (χ2n) is 13.3. The van der Waals surface area contributed by atoms with Gasteiger partial charge in [-0.05, 0) is 85.8 Å². The number of carbonyl (C=O) groups excluding carboxylic acids is 8. The molecule has 0 unspecified atom stereocenters. The van der Waals surface area contributed by atoms with Crippen molar-refractivity contribution < 1.29 is 83.0 Å². The van der Waals surface area contributed by atoms with E-state index >= 15 is 0 Å². The van der Waals surface area contributed by atoms with Crippen molar-refractivity contribution in [2.75, 3.05) is 13.7 Å². The maximum absolute atomic E-state index is 12.5. The first kappa shape index (κ1) is 68.7. The van der Waals surface area contributed by atoms with Crippen molar-refractivity contribution in [3.8, 4) is 0 Å². The van der Waals surface area contributed by atoms with E-state index in [0.717, 1.165) is 30.4 Å². The lowest BCUT2D eigenvalue weighted by Crippen LogP contribution is -2.10. The lowest BCUT2D eigenvalue weighted by atomic mass is 10.1. The molecule has 0 aliphatic rings. The molecular formula is C49H26Cl6F8N6O10. The molecule has 410 valence electrons. The smallest absolute Gasteiger partial charge is 0.416 e. The van der Waals surface area contributed by atoms with Crippen molar-refractivity contribution in [2.24, 2.45) is 30.0 Å². The second kappa shape index (κ2) is 35.2. The van der Waals surface area contributed by atoms with E-state index in [2.05, 4.69) is 34.7 Å². The summed E-state index contributed by atoms with van der Waals surface area (Å²) in [6.45, 7) is 2.00. The van der Waals surface area contributed by atoms with E-state index in [1.54, 1.807) is 43.3 Å². The lowest BCUT2D eigenvalue weighted by Gasteiger charge is -2.11. The Morgan fingerprint density at radius 1 is 0.481 bits per heavy atom. The summed E-state index contributed by atoms with van der Waals surface area (Å²) in [6, 6.07) is 21.8. The average molecular weight is 1220 g/mol. The fraction of sp³-hybridized carbons (Fsp3) is 0.102. The number of aliphatic imine (C=N–C) groups is 6. The summed E-state index contributed by atoms with van der Waals surface area (Å²) < 4.78 is 108. The molecule has 0 aromatic heterocycles. The van der Waals surface area contributed by atoms with Crippen LogP contribution in [-0.2, 0) is 50.6 Å². The van der Waals surface area contributed by atoms with Gasteiger partial charge in [0.1, 0.15) is 23.0 Å². The minimum Gasteiger partial charge on any atom is -0.465 e. The molecule has 6 aromatic carbocycles. The highest BCUT2D eigenvalue weighted by Gasteiger charge is 2.37. The molecule has 30 heteroatoms. The average Bonchev–Trinajstić information content (AvgIpc) is 3.39. The predicted octanol–water partition coefficient (Wildman–Crippen LogP) is 16.1. The lowest BCUT2D eigenvalue weighted by molar-refractivity contribution is -0.143. The van der Waals surface area contributed by atoms with Crippen LogP contribution < -0.4 is 0 Å². The van der Waals surface area contributed by atoms with Gasteiger partial charge >= 0.3 is 24.3 Å². The summed E-state index contributed by atoms with van der Waals surface area (Å²) in [5, 5.41) is 1.76. The Hall–Kier alpha value is -8.28. The van der Waals surface area contributed by atoms with E-state index in [1.807, 2.05) is 0 Å². The van der Waals surface area contributed by atoms with Gasteiger partial charge in [0, 0.05) is 11.1 Å². The molecular weight excluding hydrogens is 1200 g/mol. The number of rotatable bonds is 9. The van der Waals surface area contributed by atoms with Crippen LogP contribution in [0.2, 0.25) is 30.1 Å². The molecule has 0 aliphatic heterocycles. The van der Waals surface area contributed by atoms with Gasteiger partial charge < -0.3 is 9.47 Å². The molecule has 0 aliphatic carbocycles. The van der Waals surface area contributed by atoms with Crippen LogP contribution in [0.25, 0.3) is 0 Å². The van der Waals surface area contributed by atoms with Crippen LogP contribution in [0.5, 0.6) is 0 Å². The standard InChI is InChI=1S/C10H9NO3.C9H3F6NO.C9H7NO3.2C7H2Cl3NO.C7H3F2NO/c1-2-14-10(13)8-5-3-4-6-9(8)11-7-12;10-8(11,12)5-1-6(9(13,14)15)3-7(2-5)16-4-17;1-13-9(12)7-4-2-3-5-8(7)10-6-11;8-4-1-6(10)7(11-3-12)2-5(4)9;8-4-1-5(9)7(11-3-12)6(10)2-4;8-5-1-2-6(9)7(3-5)10-4-11/h3-6H,2H2,1H3;1-3H;2-5H,1H3;2*1-2H;1-3H. The normalized spacial score (nSPS) is 9.67. The highest BCUT2D eigenvalue weighted by Crippen LogP contribution is 2.39. The van der Waals surface area contributed by atoms with Crippen LogP contribution >= 0.6 is 69.6 Å². The molecule has 0 N–H and O–H groups in total. The van der Waals surface area contributed by atoms with Gasteiger partial charge in [0.25, 0.3) is 0 Å². The van der Waals surface area contributed by atoms with Crippen molar-refractivity contribution in [3.63, 3.8) is 0 Å². The number of para-hydroxylation sites is 2. The van der Waals surface area contributed by atoms with Gasteiger partial charge in [-0.2, -0.15) is 56.3 Å². The zero-order chi connectivity index (χ0) is 59.9. The highest BCUT2D eigenvalue weighted by atomic mass is 35.5. The Bertz CT molecular complexity index is 3370. The van der Waals surface area contributed by atoms with Crippen LogP contribution in [0.3, 0.4) is 0 Å². The number of hydrogen-bond donors (Lipinski definition) is 0. The number of alkyl halides is 6. The van der Waals surface area contributed by atoms with Crippen molar-refractivity contribution in [2.45, 2.75) is 19.3 Å². The van der Waals surface area contributed by atoms with Gasteiger partial charge in [-0.25, -0.2) is 47.1 Å². The maximum Gasteiger partial charge on any atom is 0.416 e. The summed E-state index contributed by atoms with van der Waals surface area (Å²) in [6.07, 6.45) is -2.43. The van der Waals surface area contributed by atoms with Crippen molar-refractivity contribution in [3.05, 3.63) is 173 Å². The number of hydrogen-bond acceptors (Lipinski definition) is 16. The number of esters is 2. The number of isocyanates is 6. The number of benzene rings is 6. The van der Waals surface area contributed by atoms with Gasteiger partial charge in [0.2, 0.25) is 36.5 Å². The number of carbonyl (C=O) groups is 2. The van der Waals surface area contributed by atoms with Crippen LogP contribution in [0.4, 0.5) is 69.2 Å². The van der Waals surface area contributed by atoms with E-state index in [1.165, 1.54) is 67.8 Å². The van der Waals surface area contributed by atoms with Gasteiger partial charge in [0.15, 0.2) is 0 Å². The quantitative estimate of drug-likeness (QED) is 0.0437. The molecule has 0 atom stereocenters. The topological polar surface area (TPSA) is 229 Å². The Morgan fingerprint density at radius 3 is 1.35 bits per heavy atom. The molecule has 0 saturated heterocycles. The van der Waals surface area contributed by atoms with E-state index in [9.17, 15) is 73.5 Å². The summed E-state index contributed by atoms with van der Waals surface area (Å²) in [7, 11) is 1.27. The molecule has 0 fully saturated rings. The Kier molecular flexibility index (Phi) is 30.6. The monoisotopic (exact) mass is 1220 g/mol. The zero-order valence-corrected chi connectivity index (χ0v) is 43.7. The minimum atomic E-state index is -4.95. The third-order valence-corrected chi connectivity index (χ3v) is 9.98. The van der Waals surface area contributed by atoms with Crippen LogP contribution in [0.15, 0.2) is 139 Å². The van der Waals surface area contributed by atoms with Crippen molar-refractivity contribution in [1.82, 2.24) is 0 Å². The molecule has 0 spiro atoms. The number of halogens is 14. The van der Waals surface area contributed by atoms with Crippen molar-refractivity contribution >= 4 is 152 Å². The molecule has 0 heterocycles. The number of methoxy groups -OCH3 is 1. The Balaban J connectivity index is 0.000000477. The van der Waals surface area contributed by atoms with Gasteiger partial charge in [-0.1, -0.05) is 93.9 Å². The largest absolute Gasteiger partial charge is 0.465 e. The Morgan fingerprint density at radius 2 is 0.911 bits per heavy atom. The van der Waals surface area contributed by atoms with E-state index in [0.29, 0.717) is 27.2 Å². The molecule has 0 saturated carbocycles. The fourth-order valence-electron chi connectivity index (χ4n) is 4.92. The number of ether oxygens (including phenoxy) is 2. The molecule has 79 heavy (non-hydrogen) atoms. The third-order valence-electron chi connectivity index (χ3n) is 8.16. The van der Waals surface area contributed by atoms with E-state index < -0.39 is 52.7 Å². The SMILES string of the molecule is CCOC(=O)c1ccccc1N=C=O.COC(=O)c1ccccc1N=C=O.O=C=Nc1c(Cl)cc(Cl)cc1Cl.O=C=Nc1cc(C(F)(F)F)cc(C(F)(F)F)c1.O=C=Nc1cc(Cl)c(Cl)cc1Cl.O=C=Nc1cc(F)ccc1F. The predicted molar refractivity (Wildman–Crippen MR) is 273 cm³/mol. The molecule has 0 bridgehead atoms. The molecule has 0 radical (unpaired) electrons. The fourth-order valence-corrected chi connectivity index (χ4v) is 6.40. The second-order valence-corrected chi connectivity index (χ2v) is 15.7. The Labute approximate surface area is 469 Å². The van der Waals surface area contributed by atoms with E-state index in [-0.39, 0.29) is 67.3 Å². The summed E-state index contributed by atoms with van der Waals surface area (Å²) in [5.74, 6) is -2.38. The highest BCUT2D eigenvalue weighted by molar-refractivity contribution is 6.44. The summed E-state index contributed by atoms with van der Waals surface area (Å²) in [5.41, 5.74) is -2.60. The molecule has 0 amide bonds. The first-order chi connectivity index (χ1) is 37.3. The summed E-state index contributed by atoms with van der Waals surface area (Å²) >= 11 is 33.9. The summed E-state index contributed by atoms with van der Waals surface area (Å²) in [4.78, 5) is 101. The third kappa shape index (κ3) is 24.7. The number of nitrogens with zero attached hydrogens (tertiary/aromatic N) is 6. The minimum absolute atomic E-state index is 0.0518. The van der Waals surface area contributed by atoms with Crippen LogP contribution in [0, 0.1) is 11.6 Å².